The molecular weight excluding hydrogens is 481 g/mol. The molecule has 4 rings (SSSR count). The minimum atomic E-state index is -3.20. The number of ether oxygens (including phenoxy) is 1. The summed E-state index contributed by atoms with van der Waals surface area (Å²) in [5.41, 5.74) is 1.87. The van der Waals surface area contributed by atoms with Crippen LogP contribution in [0, 0.1) is 17.5 Å². The van der Waals surface area contributed by atoms with E-state index >= 15 is 0 Å². The standard InChI is InChI=1S/C24H19F3N4O3S/c1-35(32,33)13-16-3-2-4-18(9-16)30-24-29-14-28-23(31-24)19-7-6-17(25)11-22(19)34-12-15-5-8-20(26)21(27)10-15/h2-11,14H,12-13H2,1H3,(H,28,29,30,31). The van der Waals surface area contributed by atoms with Gasteiger partial charge in [0.05, 0.1) is 11.3 Å². The number of anilines is 2. The van der Waals surface area contributed by atoms with Gasteiger partial charge in [-0.25, -0.2) is 31.6 Å². The zero-order chi connectivity index (χ0) is 25.0. The highest BCUT2D eigenvalue weighted by molar-refractivity contribution is 7.89. The monoisotopic (exact) mass is 500 g/mol. The van der Waals surface area contributed by atoms with Crippen molar-refractivity contribution in [3.05, 3.63) is 95.6 Å². The smallest absolute Gasteiger partial charge is 0.230 e. The van der Waals surface area contributed by atoms with Gasteiger partial charge in [-0.05, 0) is 47.5 Å². The van der Waals surface area contributed by atoms with Crippen molar-refractivity contribution in [2.45, 2.75) is 12.4 Å². The van der Waals surface area contributed by atoms with Crippen LogP contribution in [0.1, 0.15) is 11.1 Å². The van der Waals surface area contributed by atoms with E-state index in [1.807, 2.05) is 0 Å². The summed E-state index contributed by atoms with van der Waals surface area (Å²) >= 11 is 0. The molecule has 0 spiro atoms. The number of nitrogens with one attached hydrogen (secondary N) is 1. The van der Waals surface area contributed by atoms with Crippen molar-refractivity contribution in [2.75, 3.05) is 11.6 Å². The highest BCUT2D eigenvalue weighted by Crippen LogP contribution is 2.30. The molecule has 0 atom stereocenters. The molecule has 4 aromatic rings. The molecule has 11 heteroatoms. The van der Waals surface area contributed by atoms with Crippen LogP contribution >= 0.6 is 0 Å². The summed E-state index contributed by atoms with van der Waals surface area (Å²) in [6.07, 6.45) is 2.41. The van der Waals surface area contributed by atoms with Crippen molar-refractivity contribution in [3.63, 3.8) is 0 Å². The molecule has 180 valence electrons. The first-order valence-electron chi connectivity index (χ1n) is 10.3. The fraction of sp³-hybridized carbons (Fsp3) is 0.125. The maximum atomic E-state index is 13.9. The summed E-state index contributed by atoms with van der Waals surface area (Å²) < 4.78 is 69.4. The molecule has 1 N–H and O–H groups in total. The van der Waals surface area contributed by atoms with Gasteiger partial charge in [-0.1, -0.05) is 18.2 Å². The van der Waals surface area contributed by atoms with Crippen molar-refractivity contribution in [2.24, 2.45) is 0 Å². The lowest BCUT2D eigenvalue weighted by molar-refractivity contribution is 0.304. The fourth-order valence-electron chi connectivity index (χ4n) is 3.25. The summed E-state index contributed by atoms with van der Waals surface area (Å²) in [4.78, 5) is 12.6. The summed E-state index contributed by atoms with van der Waals surface area (Å²) in [6.45, 7) is -0.142. The fourth-order valence-corrected chi connectivity index (χ4v) is 4.03. The largest absolute Gasteiger partial charge is 0.488 e. The molecule has 0 amide bonds. The molecule has 1 aromatic heterocycles. The minimum Gasteiger partial charge on any atom is -0.488 e. The van der Waals surface area contributed by atoms with Gasteiger partial charge in [0.2, 0.25) is 5.95 Å². The molecule has 1 heterocycles. The third kappa shape index (κ3) is 6.54. The van der Waals surface area contributed by atoms with Crippen LogP contribution in [-0.2, 0) is 22.2 Å². The van der Waals surface area contributed by atoms with Crippen molar-refractivity contribution in [1.29, 1.82) is 0 Å². The molecule has 0 bridgehead atoms. The average Bonchev–Trinajstić information content (AvgIpc) is 2.79. The number of hydrogen-bond donors (Lipinski definition) is 1. The van der Waals surface area contributed by atoms with Crippen LogP contribution < -0.4 is 10.1 Å². The first-order chi connectivity index (χ1) is 16.7. The molecule has 0 unspecified atom stereocenters. The number of hydrogen-bond acceptors (Lipinski definition) is 7. The molecule has 0 radical (unpaired) electrons. The topological polar surface area (TPSA) is 94.1 Å². The predicted octanol–water partition coefficient (Wildman–Crippen LogP) is 4.82. The Kier molecular flexibility index (Phi) is 6.97. The first kappa shape index (κ1) is 24.1. The average molecular weight is 501 g/mol. The van der Waals surface area contributed by atoms with Gasteiger partial charge in [-0.2, -0.15) is 4.98 Å². The molecule has 0 saturated heterocycles. The SMILES string of the molecule is CS(=O)(=O)Cc1cccc(Nc2ncnc(-c3ccc(F)cc3OCc3ccc(F)c(F)c3)n2)c1. The summed E-state index contributed by atoms with van der Waals surface area (Å²) in [6, 6.07) is 13.9. The maximum Gasteiger partial charge on any atom is 0.230 e. The van der Waals surface area contributed by atoms with Gasteiger partial charge < -0.3 is 10.1 Å². The quantitative estimate of drug-likeness (QED) is 0.371. The Labute approximate surface area is 199 Å². The number of sulfone groups is 1. The third-order valence-electron chi connectivity index (χ3n) is 4.75. The second-order valence-corrected chi connectivity index (χ2v) is 9.85. The van der Waals surface area contributed by atoms with Crippen LogP contribution in [0.15, 0.2) is 67.0 Å². The second kappa shape index (κ2) is 10.1. The van der Waals surface area contributed by atoms with Crippen molar-refractivity contribution in [1.82, 2.24) is 15.0 Å². The molecule has 0 saturated carbocycles. The first-order valence-corrected chi connectivity index (χ1v) is 12.3. The number of benzene rings is 3. The number of nitrogens with zero attached hydrogens (tertiary/aromatic N) is 3. The van der Waals surface area contributed by atoms with E-state index in [-0.39, 0.29) is 29.9 Å². The van der Waals surface area contributed by atoms with Gasteiger partial charge in [-0.15, -0.1) is 0 Å². The van der Waals surface area contributed by atoms with E-state index in [2.05, 4.69) is 20.3 Å². The Hall–Kier alpha value is -3.99. The van der Waals surface area contributed by atoms with E-state index in [1.54, 1.807) is 24.3 Å². The van der Waals surface area contributed by atoms with Gasteiger partial charge >= 0.3 is 0 Å². The van der Waals surface area contributed by atoms with Crippen LogP contribution in [0.4, 0.5) is 24.8 Å². The second-order valence-electron chi connectivity index (χ2n) is 7.71. The number of aromatic nitrogens is 3. The van der Waals surface area contributed by atoms with E-state index in [9.17, 15) is 21.6 Å². The lowest BCUT2D eigenvalue weighted by atomic mass is 10.1. The maximum absolute atomic E-state index is 13.9. The van der Waals surface area contributed by atoms with Crippen LogP contribution in [0.5, 0.6) is 5.75 Å². The van der Waals surface area contributed by atoms with Crippen molar-refractivity contribution >= 4 is 21.5 Å². The summed E-state index contributed by atoms with van der Waals surface area (Å²) in [7, 11) is -3.20. The molecule has 0 aliphatic rings. The van der Waals surface area contributed by atoms with Crippen LogP contribution in [0.2, 0.25) is 0 Å². The van der Waals surface area contributed by atoms with Gasteiger partial charge in [0, 0.05) is 18.0 Å². The Morgan fingerprint density at radius 1 is 0.914 bits per heavy atom. The highest BCUT2D eigenvalue weighted by Gasteiger charge is 2.14. The van der Waals surface area contributed by atoms with E-state index in [4.69, 9.17) is 4.74 Å². The number of halogens is 3. The minimum absolute atomic E-state index is 0.0991. The Morgan fingerprint density at radius 2 is 1.74 bits per heavy atom. The summed E-state index contributed by atoms with van der Waals surface area (Å²) in [5.74, 6) is -2.23. The van der Waals surface area contributed by atoms with Crippen LogP contribution in [0.25, 0.3) is 11.4 Å². The molecule has 0 aliphatic carbocycles. The lowest BCUT2D eigenvalue weighted by Gasteiger charge is -2.12. The lowest BCUT2D eigenvalue weighted by Crippen LogP contribution is -2.04. The van der Waals surface area contributed by atoms with Crippen LogP contribution in [0.3, 0.4) is 0 Å². The third-order valence-corrected chi connectivity index (χ3v) is 5.60. The zero-order valence-electron chi connectivity index (χ0n) is 18.4. The van der Waals surface area contributed by atoms with Gasteiger partial charge in [0.15, 0.2) is 27.3 Å². The molecule has 3 aromatic carbocycles. The Morgan fingerprint density at radius 3 is 2.51 bits per heavy atom. The Bertz CT molecular complexity index is 1480. The number of rotatable bonds is 8. The van der Waals surface area contributed by atoms with Crippen molar-refractivity contribution < 1.29 is 26.3 Å². The van der Waals surface area contributed by atoms with Gasteiger partial charge in [0.1, 0.15) is 24.5 Å². The van der Waals surface area contributed by atoms with Gasteiger partial charge in [0.25, 0.3) is 0 Å². The zero-order valence-corrected chi connectivity index (χ0v) is 19.2. The molecule has 7 nitrogen and oxygen atoms in total. The van der Waals surface area contributed by atoms with E-state index in [0.717, 1.165) is 24.5 Å². The van der Waals surface area contributed by atoms with Crippen LogP contribution in [-0.4, -0.2) is 29.6 Å². The Balaban J connectivity index is 1.57. The van der Waals surface area contributed by atoms with Crippen molar-refractivity contribution in [3.8, 4) is 17.1 Å². The molecular formula is C24H19F3N4O3S. The molecule has 35 heavy (non-hydrogen) atoms. The molecule has 0 fully saturated rings. The molecule has 0 aliphatic heterocycles. The summed E-state index contributed by atoms with van der Waals surface area (Å²) in [5, 5.41) is 2.99. The van der Waals surface area contributed by atoms with E-state index in [1.165, 1.54) is 24.5 Å². The highest BCUT2D eigenvalue weighted by atomic mass is 32.2. The van der Waals surface area contributed by atoms with E-state index < -0.39 is 27.3 Å². The normalized spacial score (nSPS) is 11.3. The van der Waals surface area contributed by atoms with Gasteiger partial charge in [-0.3, -0.25) is 0 Å². The predicted molar refractivity (Wildman–Crippen MR) is 124 cm³/mol. The van der Waals surface area contributed by atoms with E-state index in [0.29, 0.717) is 22.4 Å².